The van der Waals surface area contributed by atoms with Crippen LogP contribution >= 0.6 is 0 Å². The Morgan fingerprint density at radius 3 is 2.39 bits per heavy atom. The summed E-state index contributed by atoms with van der Waals surface area (Å²) in [6, 6.07) is 9.42. The van der Waals surface area contributed by atoms with Gasteiger partial charge in [-0.3, -0.25) is 0 Å². The largest absolute Gasteiger partial charge is 0.366 e. The first-order chi connectivity index (χ1) is 15.2. The second kappa shape index (κ2) is 7.50. The fourth-order valence-electron chi connectivity index (χ4n) is 6.19. The lowest BCUT2D eigenvalue weighted by Gasteiger charge is -2.29. The van der Waals surface area contributed by atoms with Crippen molar-refractivity contribution in [2.75, 3.05) is 29.4 Å². The molecule has 4 nitrogen and oxygen atoms in total. The number of nitrogens with zero attached hydrogens (tertiary/aromatic N) is 3. The Morgan fingerprint density at radius 2 is 1.65 bits per heavy atom. The molecule has 0 amide bonds. The maximum Gasteiger partial charge on any atom is 0.151 e. The highest BCUT2D eigenvalue weighted by atomic mass is 19.1. The smallest absolute Gasteiger partial charge is 0.151 e. The fourth-order valence-corrected chi connectivity index (χ4v) is 6.19. The van der Waals surface area contributed by atoms with E-state index in [0.29, 0.717) is 17.5 Å². The number of H-pyrrole nitrogens is 1. The molecule has 1 saturated carbocycles. The first kappa shape index (κ1) is 19.1. The third-order valence-corrected chi connectivity index (χ3v) is 7.71. The normalized spacial score (nSPS) is 26.1. The van der Waals surface area contributed by atoms with Gasteiger partial charge in [-0.2, -0.15) is 0 Å². The van der Waals surface area contributed by atoms with Crippen LogP contribution < -0.4 is 9.80 Å². The molecule has 1 aromatic heterocycles. The van der Waals surface area contributed by atoms with Crippen molar-refractivity contribution in [1.82, 2.24) is 9.97 Å². The highest BCUT2D eigenvalue weighted by Gasteiger charge is 2.37. The van der Waals surface area contributed by atoms with Gasteiger partial charge in [0, 0.05) is 25.3 Å². The maximum atomic E-state index is 15.3. The molecule has 1 N–H and O–H groups in total. The van der Waals surface area contributed by atoms with Gasteiger partial charge < -0.3 is 14.8 Å². The molecule has 162 valence electrons. The van der Waals surface area contributed by atoms with E-state index in [4.69, 9.17) is 0 Å². The van der Waals surface area contributed by atoms with Gasteiger partial charge in [-0.15, -0.1) is 0 Å². The molecule has 3 atom stereocenters. The van der Waals surface area contributed by atoms with Crippen LogP contribution in [0.2, 0.25) is 0 Å². The number of imidazole rings is 1. The Hall–Kier alpha value is -2.63. The summed E-state index contributed by atoms with van der Waals surface area (Å²) >= 11 is 0. The number of anilines is 2. The van der Waals surface area contributed by atoms with Gasteiger partial charge in [0.25, 0.3) is 0 Å². The minimum Gasteiger partial charge on any atom is -0.366 e. The minimum absolute atomic E-state index is 0.118. The molecule has 2 saturated heterocycles. The van der Waals surface area contributed by atoms with Crippen molar-refractivity contribution in [2.45, 2.75) is 44.6 Å². The molecule has 0 radical (unpaired) electrons. The number of hydrogen-bond donors (Lipinski definition) is 1. The van der Waals surface area contributed by atoms with E-state index in [-0.39, 0.29) is 11.7 Å². The number of nitrogens with one attached hydrogen (secondary N) is 1. The Labute approximate surface area is 181 Å². The van der Waals surface area contributed by atoms with E-state index in [2.05, 4.69) is 27.0 Å². The van der Waals surface area contributed by atoms with Crippen molar-refractivity contribution in [1.29, 1.82) is 0 Å². The summed E-state index contributed by atoms with van der Waals surface area (Å²) in [5.74, 6) is 0.326. The molecule has 0 spiro atoms. The van der Waals surface area contributed by atoms with Gasteiger partial charge in [0.2, 0.25) is 0 Å². The van der Waals surface area contributed by atoms with Gasteiger partial charge in [-0.05, 0) is 67.3 Å². The molecule has 3 heterocycles. The number of fused-ring (bicyclic) bond motifs is 2. The molecular formula is C25H28F2N4. The van der Waals surface area contributed by atoms with Gasteiger partial charge in [0.05, 0.1) is 23.4 Å². The SMILES string of the molecule is Fc1cc(N2CCCC2c2ccc3nc[nH]c3c2)cc(F)c1N1CC2CCCCC2C1. The Morgan fingerprint density at radius 1 is 0.903 bits per heavy atom. The van der Waals surface area contributed by atoms with E-state index in [0.717, 1.165) is 49.1 Å². The van der Waals surface area contributed by atoms with Crippen LogP contribution in [0.25, 0.3) is 11.0 Å². The number of aromatic amines is 1. The standard InChI is InChI=1S/C25H28F2N4/c26-20-11-19(12-21(27)25(20)30-13-17-4-1-2-5-18(17)14-30)31-9-3-6-24(31)16-7-8-22-23(10-16)29-15-28-22/h7-8,10-12,15,17-18,24H,1-6,9,13-14H2,(H,28,29). The van der Waals surface area contributed by atoms with Crippen LogP contribution in [0.4, 0.5) is 20.2 Å². The Bertz CT molecular complexity index is 1070. The molecule has 6 rings (SSSR count). The lowest BCUT2D eigenvalue weighted by atomic mass is 9.82. The first-order valence-electron chi connectivity index (χ1n) is 11.6. The molecule has 3 aromatic rings. The zero-order valence-corrected chi connectivity index (χ0v) is 17.7. The monoisotopic (exact) mass is 422 g/mol. The summed E-state index contributed by atoms with van der Waals surface area (Å²) in [6.07, 6.45) is 8.56. The molecule has 6 heteroatoms. The quantitative estimate of drug-likeness (QED) is 0.579. The topological polar surface area (TPSA) is 35.2 Å². The lowest BCUT2D eigenvalue weighted by Crippen LogP contribution is -2.25. The zero-order chi connectivity index (χ0) is 20.9. The van der Waals surface area contributed by atoms with E-state index in [1.165, 1.54) is 25.7 Å². The number of benzene rings is 2. The molecule has 2 aliphatic heterocycles. The number of hydrogen-bond acceptors (Lipinski definition) is 3. The van der Waals surface area contributed by atoms with Crippen LogP contribution in [0.3, 0.4) is 0 Å². The molecule has 31 heavy (non-hydrogen) atoms. The molecule has 3 fully saturated rings. The number of rotatable bonds is 3. The van der Waals surface area contributed by atoms with Crippen molar-refractivity contribution >= 4 is 22.4 Å². The molecule has 3 unspecified atom stereocenters. The minimum atomic E-state index is -0.427. The highest BCUT2D eigenvalue weighted by molar-refractivity contribution is 5.75. The summed E-state index contributed by atoms with van der Waals surface area (Å²) in [4.78, 5) is 11.6. The maximum absolute atomic E-state index is 15.3. The molecule has 2 aromatic carbocycles. The van der Waals surface area contributed by atoms with Crippen LogP contribution in [0.1, 0.15) is 50.1 Å². The fraction of sp³-hybridized carbons (Fsp3) is 0.480. The molecule has 1 aliphatic carbocycles. The molecule has 3 aliphatic rings. The average molecular weight is 423 g/mol. The number of halogens is 2. The Balaban J connectivity index is 1.29. The van der Waals surface area contributed by atoms with Crippen molar-refractivity contribution < 1.29 is 8.78 Å². The van der Waals surface area contributed by atoms with E-state index in [1.807, 2.05) is 11.0 Å². The lowest BCUT2D eigenvalue weighted by molar-refractivity contribution is 0.299. The second-order valence-corrected chi connectivity index (χ2v) is 9.50. The average Bonchev–Trinajstić information content (AvgIpc) is 3.50. The molecule has 0 bridgehead atoms. The Kier molecular flexibility index (Phi) is 4.62. The first-order valence-corrected chi connectivity index (χ1v) is 11.6. The van der Waals surface area contributed by atoms with Crippen LogP contribution in [-0.2, 0) is 0 Å². The highest BCUT2D eigenvalue weighted by Crippen LogP contribution is 2.42. The summed E-state index contributed by atoms with van der Waals surface area (Å²) < 4.78 is 30.5. The summed E-state index contributed by atoms with van der Waals surface area (Å²) in [6.45, 7) is 2.38. The summed E-state index contributed by atoms with van der Waals surface area (Å²) in [5.41, 5.74) is 3.89. The second-order valence-electron chi connectivity index (χ2n) is 9.50. The van der Waals surface area contributed by atoms with Gasteiger partial charge >= 0.3 is 0 Å². The zero-order valence-electron chi connectivity index (χ0n) is 17.7. The van der Waals surface area contributed by atoms with Gasteiger partial charge in [-0.1, -0.05) is 18.9 Å². The third-order valence-electron chi connectivity index (χ3n) is 7.71. The van der Waals surface area contributed by atoms with E-state index >= 15 is 8.78 Å². The van der Waals surface area contributed by atoms with Crippen molar-refractivity contribution in [3.05, 3.63) is 53.9 Å². The van der Waals surface area contributed by atoms with Crippen LogP contribution in [0.5, 0.6) is 0 Å². The van der Waals surface area contributed by atoms with E-state index in [1.54, 1.807) is 18.5 Å². The van der Waals surface area contributed by atoms with Crippen molar-refractivity contribution in [3.8, 4) is 0 Å². The van der Waals surface area contributed by atoms with Crippen LogP contribution in [0.15, 0.2) is 36.7 Å². The summed E-state index contributed by atoms with van der Waals surface area (Å²) in [5, 5.41) is 0. The van der Waals surface area contributed by atoms with Crippen molar-refractivity contribution in [3.63, 3.8) is 0 Å². The van der Waals surface area contributed by atoms with Gasteiger partial charge in [-0.25, -0.2) is 13.8 Å². The van der Waals surface area contributed by atoms with Crippen LogP contribution in [-0.4, -0.2) is 29.6 Å². The van der Waals surface area contributed by atoms with Crippen LogP contribution in [0, 0.1) is 23.5 Å². The van der Waals surface area contributed by atoms with Crippen molar-refractivity contribution in [2.24, 2.45) is 11.8 Å². The molecular weight excluding hydrogens is 394 g/mol. The van der Waals surface area contributed by atoms with E-state index in [9.17, 15) is 0 Å². The van der Waals surface area contributed by atoms with Gasteiger partial charge in [0.15, 0.2) is 11.6 Å². The third kappa shape index (κ3) is 3.27. The summed E-state index contributed by atoms with van der Waals surface area (Å²) in [7, 11) is 0. The number of aromatic nitrogens is 2. The van der Waals surface area contributed by atoms with Gasteiger partial charge in [0.1, 0.15) is 5.69 Å². The van der Waals surface area contributed by atoms with E-state index < -0.39 is 11.6 Å². The predicted octanol–water partition coefficient (Wildman–Crippen LogP) is 5.81. The predicted molar refractivity (Wildman–Crippen MR) is 119 cm³/mol.